The first-order chi connectivity index (χ1) is 14.6. The molecule has 1 saturated heterocycles. The van der Waals surface area contributed by atoms with Gasteiger partial charge in [-0.25, -0.2) is 4.79 Å². The van der Waals surface area contributed by atoms with E-state index < -0.39 is 0 Å². The summed E-state index contributed by atoms with van der Waals surface area (Å²) in [6.45, 7) is 8.87. The highest BCUT2D eigenvalue weighted by atomic mass is 16.5. The van der Waals surface area contributed by atoms with Crippen molar-refractivity contribution in [3.05, 3.63) is 75.1 Å². The molecule has 0 spiro atoms. The third-order valence-corrected chi connectivity index (χ3v) is 7.07. The zero-order valence-corrected chi connectivity index (χ0v) is 17.8. The molecule has 30 heavy (non-hydrogen) atoms. The average molecular weight is 407 g/mol. The van der Waals surface area contributed by atoms with Crippen molar-refractivity contribution >= 4 is 11.0 Å². The first-order valence-electron chi connectivity index (χ1n) is 11.0. The second kappa shape index (κ2) is 7.89. The van der Waals surface area contributed by atoms with Crippen LogP contribution in [0.2, 0.25) is 0 Å². The Kier molecular flexibility index (Phi) is 5.09. The zero-order valence-electron chi connectivity index (χ0n) is 17.8. The fraction of sp³-hybridized carbons (Fsp3) is 0.400. The number of benzene rings is 2. The fourth-order valence-corrected chi connectivity index (χ4v) is 5.05. The second-order valence-corrected chi connectivity index (χ2v) is 8.87. The van der Waals surface area contributed by atoms with Crippen molar-refractivity contribution in [2.45, 2.75) is 45.8 Å². The van der Waals surface area contributed by atoms with Gasteiger partial charge >= 0.3 is 5.63 Å². The molecule has 5 rings (SSSR count). The molecule has 0 radical (unpaired) electrons. The third-order valence-electron chi connectivity index (χ3n) is 7.07. The van der Waals surface area contributed by atoms with Crippen molar-refractivity contribution in [2.75, 3.05) is 19.8 Å². The van der Waals surface area contributed by atoms with Crippen molar-refractivity contribution < 1.29 is 19.0 Å². The van der Waals surface area contributed by atoms with Crippen LogP contribution < -0.4 is 20.2 Å². The molecule has 2 aliphatic rings. The van der Waals surface area contributed by atoms with Crippen LogP contribution in [0.5, 0.6) is 5.75 Å². The fourth-order valence-electron chi connectivity index (χ4n) is 5.05. The number of nitrogens with one attached hydrogen (secondary N) is 2. The van der Waals surface area contributed by atoms with Crippen molar-refractivity contribution in [2.24, 2.45) is 0 Å². The van der Waals surface area contributed by atoms with Crippen LogP contribution in [0.4, 0.5) is 0 Å². The van der Waals surface area contributed by atoms with Crippen LogP contribution in [-0.2, 0) is 13.1 Å². The Morgan fingerprint density at radius 2 is 1.77 bits per heavy atom. The van der Waals surface area contributed by atoms with Crippen molar-refractivity contribution in [3.63, 3.8) is 0 Å². The van der Waals surface area contributed by atoms with E-state index in [1.165, 1.54) is 36.4 Å². The first-order valence-corrected chi connectivity index (χ1v) is 11.0. The molecule has 0 saturated carbocycles. The van der Waals surface area contributed by atoms with Gasteiger partial charge in [0.05, 0.1) is 18.7 Å². The standard InChI is InChI=1S/C25H28N2O3/c1-17-18(2)25(28)30-24-21(17)8-9-23-22(24)15-27(16-29-23)20-10-12-26(13-11-20)14-19-6-4-3-5-7-19/h3-9,20H,10-16H2,1-2H3/p+2. The number of ether oxygens (including phenoxy) is 1. The number of likely N-dealkylation sites (tertiary alicyclic amines) is 1. The molecular weight excluding hydrogens is 376 g/mol. The highest BCUT2D eigenvalue weighted by Gasteiger charge is 2.34. The number of fused-ring (bicyclic) bond motifs is 3. The number of hydrogen-bond donors (Lipinski definition) is 2. The molecule has 2 aromatic carbocycles. The number of quaternary nitrogens is 2. The third kappa shape index (κ3) is 3.53. The maximum Gasteiger partial charge on any atom is 0.339 e. The summed E-state index contributed by atoms with van der Waals surface area (Å²) in [5, 5.41) is 1.03. The Morgan fingerprint density at radius 1 is 1.00 bits per heavy atom. The largest absolute Gasteiger partial charge is 0.445 e. The smallest absolute Gasteiger partial charge is 0.339 e. The maximum atomic E-state index is 12.3. The molecule has 0 bridgehead atoms. The monoisotopic (exact) mass is 406 g/mol. The topological polar surface area (TPSA) is 48.3 Å². The summed E-state index contributed by atoms with van der Waals surface area (Å²) in [6.07, 6.45) is 2.39. The van der Waals surface area contributed by atoms with Crippen LogP contribution >= 0.6 is 0 Å². The maximum absolute atomic E-state index is 12.3. The summed E-state index contributed by atoms with van der Waals surface area (Å²) in [6, 6.07) is 15.4. The summed E-state index contributed by atoms with van der Waals surface area (Å²) in [5.74, 6) is 0.866. The minimum atomic E-state index is -0.238. The number of aryl methyl sites for hydroxylation is 1. The quantitative estimate of drug-likeness (QED) is 0.647. The van der Waals surface area contributed by atoms with E-state index in [1.54, 1.807) is 4.90 Å². The highest BCUT2D eigenvalue weighted by molar-refractivity contribution is 5.85. The molecule has 2 N–H and O–H groups in total. The molecule has 5 nitrogen and oxygen atoms in total. The Morgan fingerprint density at radius 3 is 2.53 bits per heavy atom. The SMILES string of the molecule is Cc1c(C)c2ccc3c(c2oc1=O)C[NH+](C1CC[NH+](Cc2ccccc2)CC1)CO3. The van der Waals surface area contributed by atoms with E-state index in [0.29, 0.717) is 23.9 Å². The predicted molar refractivity (Wildman–Crippen MR) is 116 cm³/mol. The van der Waals surface area contributed by atoms with E-state index in [-0.39, 0.29) is 5.63 Å². The lowest BCUT2D eigenvalue weighted by atomic mass is 9.99. The van der Waals surface area contributed by atoms with E-state index in [0.717, 1.165) is 35.4 Å². The minimum absolute atomic E-state index is 0.238. The molecule has 2 aliphatic heterocycles. The van der Waals surface area contributed by atoms with Crippen molar-refractivity contribution in [3.8, 4) is 5.75 Å². The van der Waals surface area contributed by atoms with E-state index in [9.17, 15) is 4.79 Å². The average Bonchev–Trinajstić information content (AvgIpc) is 2.78. The van der Waals surface area contributed by atoms with Crippen LogP contribution in [-0.4, -0.2) is 25.9 Å². The zero-order chi connectivity index (χ0) is 20.7. The minimum Gasteiger partial charge on any atom is -0.445 e. The summed E-state index contributed by atoms with van der Waals surface area (Å²) in [4.78, 5) is 15.4. The van der Waals surface area contributed by atoms with Crippen LogP contribution in [0.25, 0.3) is 11.0 Å². The van der Waals surface area contributed by atoms with Crippen molar-refractivity contribution in [1.82, 2.24) is 0 Å². The molecule has 1 aromatic heterocycles. The van der Waals surface area contributed by atoms with Gasteiger partial charge in [-0.1, -0.05) is 30.3 Å². The summed E-state index contributed by atoms with van der Waals surface area (Å²) >= 11 is 0. The summed E-state index contributed by atoms with van der Waals surface area (Å²) < 4.78 is 11.9. The van der Waals surface area contributed by atoms with Crippen LogP contribution in [0.15, 0.2) is 51.7 Å². The molecule has 0 amide bonds. The Balaban J connectivity index is 1.32. The lowest BCUT2D eigenvalue weighted by Gasteiger charge is -2.36. The van der Waals surface area contributed by atoms with Gasteiger partial charge in [0.15, 0.2) is 5.58 Å². The van der Waals surface area contributed by atoms with Crippen molar-refractivity contribution in [1.29, 1.82) is 0 Å². The molecule has 156 valence electrons. The van der Waals surface area contributed by atoms with Gasteiger partial charge in [-0.3, -0.25) is 4.90 Å². The molecule has 0 aliphatic carbocycles. The van der Waals surface area contributed by atoms with Crippen LogP contribution in [0.3, 0.4) is 0 Å². The normalized spacial score (nSPS) is 23.7. The second-order valence-electron chi connectivity index (χ2n) is 8.87. The molecule has 3 aromatic rings. The summed E-state index contributed by atoms with van der Waals surface area (Å²) in [7, 11) is 0. The molecule has 5 heteroatoms. The molecule has 1 fully saturated rings. The summed E-state index contributed by atoms with van der Waals surface area (Å²) in [5.41, 5.74) is 4.64. The highest BCUT2D eigenvalue weighted by Crippen LogP contribution is 2.30. The van der Waals surface area contributed by atoms with Gasteiger partial charge in [-0.2, -0.15) is 0 Å². The lowest BCUT2D eigenvalue weighted by Crippen LogP contribution is -3.20. The molecule has 3 heterocycles. The Bertz CT molecular complexity index is 1110. The Labute approximate surface area is 176 Å². The number of rotatable bonds is 3. The van der Waals surface area contributed by atoms with Crippen LogP contribution in [0, 0.1) is 13.8 Å². The van der Waals surface area contributed by atoms with E-state index >= 15 is 0 Å². The van der Waals surface area contributed by atoms with Gasteiger partial charge in [0, 0.05) is 29.4 Å². The number of piperidine rings is 1. The predicted octanol–water partition coefficient (Wildman–Crippen LogP) is 1.39. The van der Waals surface area contributed by atoms with E-state index in [2.05, 4.69) is 30.3 Å². The Hall–Kier alpha value is -2.63. The van der Waals surface area contributed by atoms with E-state index in [1.807, 2.05) is 26.0 Å². The van der Waals surface area contributed by atoms with Gasteiger partial charge in [-0.05, 0) is 31.5 Å². The molecule has 1 atom stereocenters. The van der Waals surface area contributed by atoms with Gasteiger partial charge in [-0.15, -0.1) is 0 Å². The number of hydrogen-bond acceptors (Lipinski definition) is 3. The van der Waals surface area contributed by atoms with Gasteiger partial charge < -0.3 is 14.1 Å². The first kappa shape index (κ1) is 19.3. The van der Waals surface area contributed by atoms with Gasteiger partial charge in [0.25, 0.3) is 0 Å². The van der Waals surface area contributed by atoms with Crippen LogP contribution in [0.1, 0.15) is 35.1 Å². The van der Waals surface area contributed by atoms with E-state index in [4.69, 9.17) is 9.15 Å². The lowest BCUT2D eigenvalue weighted by molar-refractivity contribution is -0.981. The molecular formula is C25H30N2O3+2. The van der Waals surface area contributed by atoms with Gasteiger partial charge in [0.1, 0.15) is 24.9 Å². The van der Waals surface area contributed by atoms with Gasteiger partial charge in [0.2, 0.25) is 6.73 Å². The molecule has 1 unspecified atom stereocenters.